The minimum absolute atomic E-state index is 0.275. The molecule has 0 saturated carbocycles. The summed E-state index contributed by atoms with van der Waals surface area (Å²) in [5.74, 6) is 0.275. The molecule has 64 valence electrons. The molecule has 1 aromatic carbocycles. The summed E-state index contributed by atoms with van der Waals surface area (Å²) < 4.78 is 5.39. The Bertz CT molecular complexity index is 315. The second-order valence-electron chi connectivity index (χ2n) is 1.91. The van der Waals surface area contributed by atoms with Crippen LogP contribution in [0.5, 0.6) is 5.75 Å². The van der Waals surface area contributed by atoms with Gasteiger partial charge in [0.05, 0.1) is 10.0 Å². The third-order valence-electron chi connectivity index (χ3n) is 1.15. The van der Waals surface area contributed by atoms with E-state index in [9.17, 15) is 4.79 Å². The summed E-state index contributed by atoms with van der Waals surface area (Å²) in [7, 11) is 0. The Morgan fingerprint density at radius 2 is 2.00 bits per heavy atom. The molecule has 0 aliphatic carbocycles. The highest BCUT2D eigenvalue weighted by Gasteiger charge is 2.05. The van der Waals surface area contributed by atoms with E-state index in [-0.39, 0.29) is 5.75 Å². The molecule has 0 aromatic heterocycles. The highest BCUT2D eigenvalue weighted by atomic mass is 127. The molecule has 5 heteroatoms. The number of rotatable bonds is 2. The van der Waals surface area contributed by atoms with Crippen molar-refractivity contribution in [3.05, 3.63) is 25.7 Å². The summed E-state index contributed by atoms with van der Waals surface area (Å²) in [6, 6.07) is 3.13. The van der Waals surface area contributed by atoms with Crippen LogP contribution < -0.4 is 4.74 Å². The van der Waals surface area contributed by atoms with Gasteiger partial charge in [-0.05, 0) is 28.7 Å². The lowest BCUT2D eigenvalue weighted by molar-refractivity contribution is -0.120. The maximum absolute atomic E-state index is 10.00. The van der Waals surface area contributed by atoms with Gasteiger partial charge in [-0.25, -0.2) is 0 Å². The Hall–Kier alpha value is -0.000000000000000167. The van der Waals surface area contributed by atoms with Crippen molar-refractivity contribution in [2.75, 3.05) is 0 Å². The molecule has 0 radical (unpaired) electrons. The SMILES string of the molecule is O=COc1cc(Cl)c(I)cc1Cl. The number of benzene rings is 1. The average molecular weight is 317 g/mol. The van der Waals surface area contributed by atoms with Crippen LogP contribution in [0.15, 0.2) is 12.1 Å². The van der Waals surface area contributed by atoms with Crippen molar-refractivity contribution in [2.24, 2.45) is 0 Å². The van der Waals surface area contributed by atoms with Crippen LogP contribution in [0.3, 0.4) is 0 Å². The van der Waals surface area contributed by atoms with E-state index in [0.29, 0.717) is 16.5 Å². The van der Waals surface area contributed by atoms with Crippen LogP contribution in [0, 0.1) is 3.57 Å². The molecule has 0 atom stereocenters. The van der Waals surface area contributed by atoms with Gasteiger partial charge >= 0.3 is 0 Å². The summed E-state index contributed by atoms with van der Waals surface area (Å²) in [4.78, 5) is 10.00. The van der Waals surface area contributed by atoms with Gasteiger partial charge in [0, 0.05) is 9.64 Å². The minimum Gasteiger partial charge on any atom is -0.427 e. The van der Waals surface area contributed by atoms with Gasteiger partial charge in [-0.3, -0.25) is 4.79 Å². The Morgan fingerprint density at radius 3 is 2.58 bits per heavy atom. The Balaban J connectivity index is 3.13. The summed E-state index contributed by atoms with van der Waals surface area (Å²) in [5, 5.41) is 0.882. The van der Waals surface area contributed by atoms with Crippen LogP contribution in [0.2, 0.25) is 10.0 Å². The summed E-state index contributed by atoms with van der Waals surface area (Å²) in [6.45, 7) is 0.310. The maximum Gasteiger partial charge on any atom is 0.298 e. The first-order chi connectivity index (χ1) is 5.65. The molecule has 0 unspecified atom stereocenters. The molecule has 1 rings (SSSR count). The van der Waals surface area contributed by atoms with Gasteiger partial charge in [0.15, 0.2) is 5.75 Å². The highest BCUT2D eigenvalue weighted by molar-refractivity contribution is 14.1. The number of halogens is 3. The fourth-order valence-electron chi connectivity index (χ4n) is 0.646. The molecule has 0 bridgehead atoms. The second-order valence-corrected chi connectivity index (χ2v) is 3.89. The van der Waals surface area contributed by atoms with Gasteiger partial charge in [0.1, 0.15) is 0 Å². The van der Waals surface area contributed by atoms with Crippen molar-refractivity contribution >= 4 is 52.3 Å². The van der Waals surface area contributed by atoms with Crippen LogP contribution in [0.25, 0.3) is 0 Å². The number of carbonyl (C=O) groups is 1. The van der Waals surface area contributed by atoms with E-state index in [4.69, 9.17) is 23.2 Å². The van der Waals surface area contributed by atoms with Crippen molar-refractivity contribution in [1.29, 1.82) is 0 Å². The van der Waals surface area contributed by atoms with Gasteiger partial charge < -0.3 is 4.74 Å². The molecule has 0 aliphatic heterocycles. The number of ether oxygens (including phenoxy) is 1. The Morgan fingerprint density at radius 1 is 1.33 bits per heavy atom. The molecule has 0 saturated heterocycles. The highest BCUT2D eigenvalue weighted by Crippen LogP contribution is 2.31. The predicted molar refractivity (Wildman–Crippen MR) is 55.9 cm³/mol. The smallest absolute Gasteiger partial charge is 0.298 e. The van der Waals surface area contributed by atoms with Crippen LogP contribution in [0.1, 0.15) is 0 Å². The molecular weight excluding hydrogens is 314 g/mol. The molecule has 0 spiro atoms. The van der Waals surface area contributed by atoms with Gasteiger partial charge in [0.2, 0.25) is 0 Å². The van der Waals surface area contributed by atoms with Gasteiger partial charge in [-0.2, -0.15) is 0 Å². The zero-order valence-electron chi connectivity index (χ0n) is 5.68. The van der Waals surface area contributed by atoms with E-state index in [1.807, 2.05) is 22.6 Å². The molecular formula is C7H3Cl2IO2. The number of hydrogen-bond donors (Lipinski definition) is 0. The molecule has 0 heterocycles. The van der Waals surface area contributed by atoms with Crippen LogP contribution >= 0.6 is 45.8 Å². The van der Waals surface area contributed by atoms with E-state index >= 15 is 0 Å². The molecule has 0 amide bonds. The lowest BCUT2D eigenvalue weighted by Gasteiger charge is -2.02. The molecule has 0 fully saturated rings. The molecule has 2 nitrogen and oxygen atoms in total. The summed E-state index contributed by atoms with van der Waals surface area (Å²) >= 11 is 13.5. The lowest BCUT2D eigenvalue weighted by Crippen LogP contribution is -1.90. The largest absolute Gasteiger partial charge is 0.427 e. The maximum atomic E-state index is 10.00. The van der Waals surface area contributed by atoms with Crippen molar-refractivity contribution in [3.8, 4) is 5.75 Å². The van der Waals surface area contributed by atoms with Crippen LogP contribution in [0.4, 0.5) is 0 Å². The van der Waals surface area contributed by atoms with Crippen molar-refractivity contribution < 1.29 is 9.53 Å². The Labute approximate surface area is 92.9 Å². The molecule has 0 aliphatic rings. The minimum atomic E-state index is 0.275. The first-order valence-electron chi connectivity index (χ1n) is 2.90. The molecule has 0 N–H and O–H groups in total. The van der Waals surface area contributed by atoms with E-state index in [2.05, 4.69) is 4.74 Å². The fraction of sp³-hybridized carbons (Fsp3) is 0. The van der Waals surface area contributed by atoms with Crippen molar-refractivity contribution in [2.45, 2.75) is 0 Å². The quantitative estimate of drug-likeness (QED) is 0.476. The van der Waals surface area contributed by atoms with Gasteiger partial charge in [-0.1, -0.05) is 23.2 Å². The third-order valence-corrected chi connectivity index (χ3v) is 2.97. The number of carbonyl (C=O) groups excluding carboxylic acids is 1. The van der Waals surface area contributed by atoms with E-state index in [0.717, 1.165) is 3.57 Å². The third kappa shape index (κ3) is 2.24. The molecule has 12 heavy (non-hydrogen) atoms. The van der Waals surface area contributed by atoms with Gasteiger partial charge in [0.25, 0.3) is 6.47 Å². The first kappa shape index (κ1) is 10.1. The van der Waals surface area contributed by atoms with Crippen LogP contribution in [-0.2, 0) is 4.79 Å². The standard InChI is InChI=1S/C7H3Cl2IO2/c8-4-2-7(12-3-11)5(9)1-6(4)10/h1-3H. The predicted octanol–water partition coefficient (Wildman–Crippen LogP) is 3.13. The Kier molecular flexibility index (Phi) is 3.61. The number of hydrogen-bond acceptors (Lipinski definition) is 2. The fourth-order valence-corrected chi connectivity index (χ4v) is 1.66. The van der Waals surface area contributed by atoms with E-state index in [1.165, 1.54) is 6.07 Å². The average Bonchev–Trinajstić information content (AvgIpc) is 2.01. The monoisotopic (exact) mass is 316 g/mol. The van der Waals surface area contributed by atoms with E-state index in [1.54, 1.807) is 6.07 Å². The van der Waals surface area contributed by atoms with Crippen molar-refractivity contribution in [3.63, 3.8) is 0 Å². The zero-order chi connectivity index (χ0) is 9.14. The normalized spacial score (nSPS) is 9.58. The topological polar surface area (TPSA) is 26.3 Å². The van der Waals surface area contributed by atoms with Gasteiger partial charge in [-0.15, -0.1) is 0 Å². The second kappa shape index (κ2) is 4.30. The zero-order valence-corrected chi connectivity index (χ0v) is 9.35. The lowest BCUT2D eigenvalue weighted by atomic mass is 10.3. The molecule has 1 aromatic rings. The summed E-state index contributed by atoms with van der Waals surface area (Å²) in [6.07, 6.45) is 0. The van der Waals surface area contributed by atoms with E-state index < -0.39 is 0 Å². The summed E-state index contributed by atoms with van der Waals surface area (Å²) in [5.41, 5.74) is 0. The van der Waals surface area contributed by atoms with Crippen LogP contribution in [-0.4, -0.2) is 6.47 Å². The first-order valence-corrected chi connectivity index (χ1v) is 4.73. The van der Waals surface area contributed by atoms with Crippen molar-refractivity contribution in [1.82, 2.24) is 0 Å².